The number of halogens is 1. The number of rotatable bonds is 3. The molecule has 1 N–H and O–H groups in total. The van der Waals surface area contributed by atoms with Crippen molar-refractivity contribution in [2.24, 2.45) is 0 Å². The zero-order valence-electron chi connectivity index (χ0n) is 11.0. The standard InChI is InChI=1S/C14H13BrN2O2S/c1-17(2)14(19)9-3-5-10(6-4-9)16-13(18)11-7-8-12(15)20-11/h3-8H,1-2H3,(H,16,18). The zero-order chi connectivity index (χ0) is 14.7. The number of nitrogens with zero attached hydrogens (tertiary/aromatic N) is 1. The van der Waals surface area contributed by atoms with Gasteiger partial charge in [-0.05, 0) is 52.3 Å². The van der Waals surface area contributed by atoms with Crippen molar-refractivity contribution >= 4 is 44.8 Å². The molecule has 20 heavy (non-hydrogen) atoms. The lowest BCUT2D eigenvalue weighted by atomic mass is 10.2. The molecule has 0 saturated heterocycles. The van der Waals surface area contributed by atoms with Gasteiger partial charge in [0.1, 0.15) is 0 Å². The minimum Gasteiger partial charge on any atom is -0.345 e. The van der Waals surface area contributed by atoms with Gasteiger partial charge in [0, 0.05) is 25.3 Å². The molecule has 1 aromatic carbocycles. The maximum Gasteiger partial charge on any atom is 0.265 e. The van der Waals surface area contributed by atoms with Crippen LogP contribution in [0.3, 0.4) is 0 Å². The van der Waals surface area contributed by atoms with Gasteiger partial charge in [-0.25, -0.2) is 0 Å². The molecule has 2 aromatic rings. The Hall–Kier alpha value is -1.66. The Kier molecular flexibility index (Phi) is 4.57. The van der Waals surface area contributed by atoms with Gasteiger partial charge in [-0.15, -0.1) is 11.3 Å². The van der Waals surface area contributed by atoms with E-state index in [4.69, 9.17) is 0 Å². The van der Waals surface area contributed by atoms with Crippen molar-refractivity contribution in [1.29, 1.82) is 0 Å². The molecule has 104 valence electrons. The monoisotopic (exact) mass is 352 g/mol. The Morgan fingerprint density at radius 2 is 1.75 bits per heavy atom. The second-order valence-corrected chi connectivity index (χ2v) is 6.80. The summed E-state index contributed by atoms with van der Waals surface area (Å²) in [4.78, 5) is 25.8. The van der Waals surface area contributed by atoms with Gasteiger partial charge in [-0.3, -0.25) is 9.59 Å². The van der Waals surface area contributed by atoms with Crippen LogP contribution in [0.1, 0.15) is 20.0 Å². The van der Waals surface area contributed by atoms with Crippen LogP contribution in [-0.2, 0) is 0 Å². The molecule has 0 spiro atoms. The molecule has 0 bridgehead atoms. The van der Waals surface area contributed by atoms with E-state index in [1.165, 1.54) is 16.2 Å². The van der Waals surface area contributed by atoms with Crippen LogP contribution in [0.2, 0.25) is 0 Å². The summed E-state index contributed by atoms with van der Waals surface area (Å²) in [6.07, 6.45) is 0. The number of thiophene rings is 1. The van der Waals surface area contributed by atoms with E-state index in [9.17, 15) is 9.59 Å². The summed E-state index contributed by atoms with van der Waals surface area (Å²) in [5.74, 6) is -0.225. The summed E-state index contributed by atoms with van der Waals surface area (Å²) in [5, 5.41) is 2.79. The Balaban J connectivity index is 2.07. The summed E-state index contributed by atoms with van der Waals surface area (Å²) < 4.78 is 0.912. The van der Waals surface area contributed by atoms with E-state index in [0.29, 0.717) is 16.1 Å². The van der Waals surface area contributed by atoms with Crippen LogP contribution < -0.4 is 5.32 Å². The molecule has 0 aliphatic carbocycles. The van der Waals surface area contributed by atoms with Gasteiger partial charge in [0.25, 0.3) is 11.8 Å². The van der Waals surface area contributed by atoms with Crippen molar-refractivity contribution in [3.05, 3.63) is 50.6 Å². The van der Waals surface area contributed by atoms with Crippen LogP contribution >= 0.6 is 27.3 Å². The number of benzene rings is 1. The molecule has 0 radical (unpaired) electrons. The van der Waals surface area contributed by atoms with Crippen molar-refractivity contribution in [3.8, 4) is 0 Å². The number of amides is 2. The maximum atomic E-state index is 12.0. The topological polar surface area (TPSA) is 49.4 Å². The summed E-state index contributed by atoms with van der Waals surface area (Å²) in [7, 11) is 3.40. The lowest BCUT2D eigenvalue weighted by Crippen LogP contribution is -2.21. The fraction of sp³-hybridized carbons (Fsp3) is 0.143. The van der Waals surface area contributed by atoms with Gasteiger partial charge in [-0.2, -0.15) is 0 Å². The quantitative estimate of drug-likeness (QED) is 0.919. The molecule has 0 aliphatic heterocycles. The van der Waals surface area contributed by atoms with Crippen molar-refractivity contribution < 1.29 is 9.59 Å². The number of nitrogens with one attached hydrogen (secondary N) is 1. The van der Waals surface area contributed by atoms with Crippen molar-refractivity contribution in [1.82, 2.24) is 4.90 Å². The summed E-state index contributed by atoms with van der Waals surface area (Å²) in [6, 6.07) is 10.4. The smallest absolute Gasteiger partial charge is 0.265 e. The number of hydrogen-bond donors (Lipinski definition) is 1. The van der Waals surface area contributed by atoms with Gasteiger partial charge in [0.05, 0.1) is 8.66 Å². The minimum absolute atomic E-state index is 0.0648. The number of carbonyl (C=O) groups is 2. The van der Waals surface area contributed by atoms with Gasteiger partial charge >= 0.3 is 0 Å². The molecular weight excluding hydrogens is 340 g/mol. The van der Waals surface area contributed by atoms with E-state index in [0.717, 1.165) is 3.79 Å². The third kappa shape index (κ3) is 3.46. The van der Waals surface area contributed by atoms with Crippen LogP contribution in [0.4, 0.5) is 5.69 Å². The van der Waals surface area contributed by atoms with Crippen molar-refractivity contribution in [2.75, 3.05) is 19.4 Å². The highest BCUT2D eigenvalue weighted by molar-refractivity contribution is 9.11. The van der Waals surface area contributed by atoms with Gasteiger partial charge in [0.15, 0.2) is 0 Å². The third-order valence-corrected chi connectivity index (χ3v) is 4.22. The highest BCUT2D eigenvalue weighted by Crippen LogP contribution is 2.23. The fourth-order valence-electron chi connectivity index (χ4n) is 1.58. The van der Waals surface area contributed by atoms with Crippen LogP contribution in [0.15, 0.2) is 40.2 Å². The highest BCUT2D eigenvalue weighted by Gasteiger charge is 2.10. The zero-order valence-corrected chi connectivity index (χ0v) is 13.4. The van der Waals surface area contributed by atoms with Crippen LogP contribution in [0.25, 0.3) is 0 Å². The lowest BCUT2D eigenvalue weighted by Gasteiger charge is -2.10. The Labute approximate surface area is 129 Å². The molecule has 1 aromatic heterocycles. The van der Waals surface area contributed by atoms with E-state index in [1.807, 2.05) is 6.07 Å². The molecule has 0 unspecified atom stereocenters. The highest BCUT2D eigenvalue weighted by atomic mass is 79.9. The first-order valence-electron chi connectivity index (χ1n) is 5.86. The van der Waals surface area contributed by atoms with E-state index in [1.54, 1.807) is 44.4 Å². The molecule has 0 fully saturated rings. The molecule has 6 heteroatoms. The van der Waals surface area contributed by atoms with Crippen molar-refractivity contribution in [3.63, 3.8) is 0 Å². The normalized spacial score (nSPS) is 10.2. The number of hydrogen-bond acceptors (Lipinski definition) is 3. The summed E-state index contributed by atoms with van der Waals surface area (Å²) in [6.45, 7) is 0. The predicted octanol–water partition coefficient (Wildman–Crippen LogP) is 3.46. The van der Waals surface area contributed by atoms with E-state index < -0.39 is 0 Å². The molecule has 0 atom stereocenters. The Morgan fingerprint density at radius 3 is 2.25 bits per heavy atom. The Bertz CT molecular complexity index is 635. The summed E-state index contributed by atoms with van der Waals surface area (Å²) in [5.41, 5.74) is 1.25. The average Bonchev–Trinajstić information content (AvgIpc) is 2.85. The molecule has 2 rings (SSSR count). The second kappa shape index (κ2) is 6.19. The van der Waals surface area contributed by atoms with E-state index in [2.05, 4.69) is 21.2 Å². The molecule has 0 saturated carbocycles. The van der Waals surface area contributed by atoms with Gasteiger partial charge in [-0.1, -0.05) is 0 Å². The second-order valence-electron chi connectivity index (χ2n) is 4.33. The average molecular weight is 353 g/mol. The van der Waals surface area contributed by atoms with Crippen LogP contribution in [-0.4, -0.2) is 30.8 Å². The molecule has 4 nitrogen and oxygen atoms in total. The van der Waals surface area contributed by atoms with Crippen molar-refractivity contribution in [2.45, 2.75) is 0 Å². The van der Waals surface area contributed by atoms with E-state index in [-0.39, 0.29) is 11.8 Å². The number of carbonyl (C=O) groups excluding carboxylic acids is 2. The molecular formula is C14H13BrN2O2S. The first-order chi connectivity index (χ1) is 9.47. The maximum absolute atomic E-state index is 12.0. The fourth-order valence-corrected chi connectivity index (χ4v) is 2.86. The third-order valence-electron chi connectivity index (χ3n) is 2.59. The van der Waals surface area contributed by atoms with E-state index >= 15 is 0 Å². The van der Waals surface area contributed by atoms with Gasteiger partial charge < -0.3 is 10.2 Å². The molecule has 2 amide bonds. The van der Waals surface area contributed by atoms with Crippen LogP contribution in [0.5, 0.6) is 0 Å². The first kappa shape index (κ1) is 14.7. The minimum atomic E-state index is -0.160. The van der Waals surface area contributed by atoms with Gasteiger partial charge in [0.2, 0.25) is 0 Å². The lowest BCUT2D eigenvalue weighted by molar-refractivity contribution is 0.0827. The predicted molar refractivity (Wildman–Crippen MR) is 84.4 cm³/mol. The first-order valence-corrected chi connectivity index (χ1v) is 7.47. The summed E-state index contributed by atoms with van der Waals surface area (Å²) >= 11 is 4.69. The SMILES string of the molecule is CN(C)C(=O)c1ccc(NC(=O)c2ccc(Br)s2)cc1. The Morgan fingerprint density at radius 1 is 1.10 bits per heavy atom. The van der Waals surface area contributed by atoms with Crippen LogP contribution in [0, 0.1) is 0 Å². The largest absolute Gasteiger partial charge is 0.345 e. The molecule has 0 aliphatic rings. The molecule has 1 heterocycles. The number of anilines is 1.